The molecule has 5 rings (SSSR count). The molecule has 0 saturated heterocycles. The minimum absolute atomic E-state index is 0.000841. The van der Waals surface area contributed by atoms with Crippen LogP contribution in [0.25, 0.3) is 21.9 Å². The maximum atomic E-state index is 15.5. The number of hydrogen-bond donors (Lipinski definition) is 2. The summed E-state index contributed by atoms with van der Waals surface area (Å²) in [5.74, 6) is -0.504. The Morgan fingerprint density at radius 1 is 1.33 bits per heavy atom. The van der Waals surface area contributed by atoms with Crippen LogP contribution in [-0.2, 0) is 6.54 Å². The van der Waals surface area contributed by atoms with E-state index in [-0.39, 0.29) is 39.9 Å². The summed E-state index contributed by atoms with van der Waals surface area (Å²) in [4.78, 5) is 29.8. The van der Waals surface area contributed by atoms with Gasteiger partial charge < -0.3 is 24.9 Å². The molecule has 0 spiro atoms. The Hall–Kier alpha value is -3.88. The van der Waals surface area contributed by atoms with Crippen molar-refractivity contribution >= 4 is 39.1 Å². The lowest BCUT2D eigenvalue weighted by molar-refractivity contribution is 0.101. The van der Waals surface area contributed by atoms with E-state index in [0.717, 1.165) is 17.5 Å². The second kappa shape index (κ2) is 9.29. The molecular weight excluding hydrogens is 461 g/mol. The molecule has 1 aliphatic rings. The number of nitrogens with one attached hydrogen (secondary N) is 1. The van der Waals surface area contributed by atoms with Crippen LogP contribution in [0.1, 0.15) is 50.0 Å². The van der Waals surface area contributed by atoms with Crippen molar-refractivity contribution < 1.29 is 13.9 Å². The number of aryl methyl sites for hydroxylation is 1. The first kappa shape index (κ1) is 23.8. The van der Waals surface area contributed by atoms with Gasteiger partial charge in [0, 0.05) is 19.3 Å². The molecule has 3 N–H and O–H groups in total. The number of imidazole rings is 1. The normalized spacial score (nSPS) is 15.0. The van der Waals surface area contributed by atoms with Gasteiger partial charge in [0.05, 0.1) is 45.6 Å². The first-order valence-electron chi connectivity index (χ1n) is 12.2. The van der Waals surface area contributed by atoms with Crippen LogP contribution < -0.4 is 21.2 Å². The number of nitrogens with two attached hydrogens (primary N) is 1. The maximum Gasteiger partial charge on any atom is 0.202 e. The number of nitrogen functional groups attached to an aromatic ring is 1. The van der Waals surface area contributed by atoms with E-state index in [0.29, 0.717) is 37.6 Å². The zero-order chi connectivity index (χ0) is 25.6. The molecule has 4 aromatic rings. The lowest BCUT2D eigenvalue weighted by Crippen LogP contribution is -2.29. The van der Waals surface area contributed by atoms with Crippen molar-refractivity contribution in [3.63, 3.8) is 0 Å². The third-order valence-electron chi connectivity index (χ3n) is 6.74. The number of para-hydroxylation sites is 2. The second-order valence-electron chi connectivity index (χ2n) is 9.79. The van der Waals surface area contributed by atoms with E-state index in [4.69, 9.17) is 10.5 Å². The van der Waals surface area contributed by atoms with Crippen molar-refractivity contribution in [2.24, 2.45) is 5.92 Å². The number of hydrogen-bond acceptors (Lipinski definition) is 6. The number of rotatable bonds is 8. The molecule has 0 amide bonds. The van der Waals surface area contributed by atoms with Crippen LogP contribution in [0.4, 0.5) is 15.8 Å². The van der Waals surface area contributed by atoms with E-state index < -0.39 is 11.2 Å². The van der Waals surface area contributed by atoms with Crippen molar-refractivity contribution in [3.05, 3.63) is 58.4 Å². The quantitative estimate of drug-likeness (QED) is 0.209. The van der Waals surface area contributed by atoms with Gasteiger partial charge in [-0.25, -0.2) is 9.37 Å². The minimum Gasteiger partial charge on any atom is -0.487 e. The highest BCUT2D eigenvalue weighted by Gasteiger charge is 2.31. The summed E-state index contributed by atoms with van der Waals surface area (Å²) < 4.78 is 25.6. The van der Waals surface area contributed by atoms with Crippen LogP contribution >= 0.6 is 0 Å². The largest absolute Gasteiger partial charge is 0.487 e. The third kappa shape index (κ3) is 3.98. The van der Waals surface area contributed by atoms with Gasteiger partial charge in [-0.2, -0.15) is 0 Å². The summed E-state index contributed by atoms with van der Waals surface area (Å²) in [5.41, 5.74) is 7.89. The lowest BCUT2D eigenvalue weighted by Gasteiger charge is -2.32. The fourth-order valence-corrected chi connectivity index (χ4v) is 5.05. The number of nitrogens with zero attached hydrogens (tertiary/aromatic N) is 3. The number of carbonyl (C=O) groups is 1. The number of anilines is 2. The highest BCUT2D eigenvalue weighted by atomic mass is 19.1. The minimum atomic E-state index is -0.739. The maximum absolute atomic E-state index is 15.5. The molecule has 0 bridgehead atoms. The first-order chi connectivity index (χ1) is 17.3. The number of pyridine rings is 1. The fourth-order valence-electron chi connectivity index (χ4n) is 5.05. The Morgan fingerprint density at radius 2 is 2.11 bits per heavy atom. The average Bonchev–Trinajstić information content (AvgIpc) is 3.25. The molecule has 2 aromatic carbocycles. The lowest BCUT2D eigenvalue weighted by atomic mass is 9.99. The van der Waals surface area contributed by atoms with Crippen molar-refractivity contribution in [2.75, 3.05) is 24.2 Å². The molecule has 1 atom stereocenters. The van der Waals surface area contributed by atoms with Gasteiger partial charge in [0.2, 0.25) is 5.43 Å². The highest BCUT2D eigenvalue weighted by Crippen LogP contribution is 2.44. The fraction of sp³-hybridized carbons (Fsp3) is 0.370. The summed E-state index contributed by atoms with van der Waals surface area (Å²) >= 11 is 0. The van der Waals surface area contributed by atoms with Gasteiger partial charge in [0.1, 0.15) is 12.3 Å². The van der Waals surface area contributed by atoms with Crippen LogP contribution in [-0.4, -0.2) is 33.1 Å². The zero-order valence-corrected chi connectivity index (χ0v) is 20.7. The Kier molecular flexibility index (Phi) is 6.15. The monoisotopic (exact) mass is 491 g/mol. The van der Waals surface area contributed by atoms with Crippen molar-refractivity contribution in [2.45, 2.75) is 46.2 Å². The molecule has 0 radical (unpaired) electrons. The van der Waals surface area contributed by atoms with E-state index in [1.165, 1.54) is 6.92 Å². The molecular formula is C27H30FN5O3. The standard InChI is InChI=1S/C27H30FN5O3/c1-15(2)11-17-13-36-27-24(30-9-6-10-32-14-31-19-7-4-5-8-20(19)32)22(28)23(29)21-25(27)33(17)12-18(16(3)34)26(21)35/h4-5,7-8,12,14-15,17,30H,6,9-11,13,29H2,1-3H3/t17-/m0/s1. The Morgan fingerprint density at radius 3 is 2.86 bits per heavy atom. The van der Waals surface area contributed by atoms with Crippen molar-refractivity contribution in [1.29, 1.82) is 0 Å². The highest BCUT2D eigenvalue weighted by molar-refractivity contribution is 6.04. The van der Waals surface area contributed by atoms with E-state index in [1.807, 2.05) is 28.8 Å². The molecule has 36 heavy (non-hydrogen) atoms. The van der Waals surface area contributed by atoms with Gasteiger partial charge in [0.15, 0.2) is 17.3 Å². The number of fused-ring (bicyclic) bond motifs is 1. The Labute approximate surface area is 207 Å². The van der Waals surface area contributed by atoms with E-state index in [1.54, 1.807) is 12.5 Å². The summed E-state index contributed by atoms with van der Waals surface area (Å²) in [6.45, 7) is 6.97. The van der Waals surface area contributed by atoms with E-state index >= 15 is 4.39 Å². The number of Topliss-reactive ketones (excluding diaryl/α,β-unsaturated/α-hetero) is 1. The first-order valence-corrected chi connectivity index (χ1v) is 12.2. The molecule has 0 fully saturated rings. The van der Waals surface area contributed by atoms with Crippen molar-refractivity contribution in [1.82, 2.24) is 14.1 Å². The van der Waals surface area contributed by atoms with Gasteiger partial charge in [0.25, 0.3) is 0 Å². The molecule has 188 valence electrons. The molecule has 1 aliphatic heterocycles. The molecule has 0 unspecified atom stereocenters. The third-order valence-corrected chi connectivity index (χ3v) is 6.74. The SMILES string of the molecule is CC(=O)c1cn2c3c(c(NCCCn4cnc5ccccc54)c(F)c(N)c3c1=O)OC[C@@H]2CC(C)C. The van der Waals surface area contributed by atoms with E-state index in [2.05, 4.69) is 28.7 Å². The summed E-state index contributed by atoms with van der Waals surface area (Å²) in [5, 5.41) is 3.15. The molecule has 3 heterocycles. The van der Waals surface area contributed by atoms with Gasteiger partial charge in [-0.3, -0.25) is 9.59 Å². The molecule has 9 heteroatoms. The van der Waals surface area contributed by atoms with Gasteiger partial charge >= 0.3 is 0 Å². The summed E-state index contributed by atoms with van der Waals surface area (Å²) in [6, 6.07) is 7.79. The number of carbonyl (C=O) groups excluding carboxylic acids is 1. The number of benzene rings is 2. The van der Waals surface area contributed by atoms with Crippen LogP contribution in [0.5, 0.6) is 5.75 Å². The van der Waals surface area contributed by atoms with Crippen LogP contribution in [0, 0.1) is 11.7 Å². The molecule has 0 saturated carbocycles. The molecule has 2 aromatic heterocycles. The summed E-state index contributed by atoms with van der Waals surface area (Å²) in [6.07, 6.45) is 4.85. The number of ketones is 1. The van der Waals surface area contributed by atoms with Crippen LogP contribution in [0.15, 0.2) is 41.6 Å². The summed E-state index contributed by atoms with van der Waals surface area (Å²) in [7, 11) is 0. The number of halogens is 1. The second-order valence-corrected chi connectivity index (χ2v) is 9.79. The van der Waals surface area contributed by atoms with Gasteiger partial charge in [-0.05, 0) is 37.8 Å². The molecule has 8 nitrogen and oxygen atoms in total. The predicted molar refractivity (Wildman–Crippen MR) is 139 cm³/mol. The predicted octanol–water partition coefficient (Wildman–Crippen LogP) is 4.76. The van der Waals surface area contributed by atoms with Gasteiger partial charge in [-0.15, -0.1) is 0 Å². The molecule has 0 aliphatic carbocycles. The Bertz CT molecular complexity index is 1540. The number of aromatic nitrogens is 3. The van der Waals surface area contributed by atoms with Gasteiger partial charge in [-0.1, -0.05) is 26.0 Å². The van der Waals surface area contributed by atoms with Crippen LogP contribution in [0.2, 0.25) is 0 Å². The number of ether oxygens (including phenoxy) is 1. The van der Waals surface area contributed by atoms with E-state index in [9.17, 15) is 9.59 Å². The topological polar surface area (TPSA) is 104 Å². The van der Waals surface area contributed by atoms with Crippen molar-refractivity contribution in [3.8, 4) is 5.75 Å². The Balaban J connectivity index is 1.51. The zero-order valence-electron chi connectivity index (χ0n) is 20.7. The average molecular weight is 492 g/mol. The van der Waals surface area contributed by atoms with Crippen LogP contribution in [0.3, 0.4) is 0 Å². The smallest absolute Gasteiger partial charge is 0.202 e.